The van der Waals surface area contributed by atoms with Gasteiger partial charge in [0.15, 0.2) is 0 Å². The maximum atomic E-state index is 13.3. The monoisotopic (exact) mass is 540 g/mol. The van der Waals surface area contributed by atoms with Crippen LogP contribution < -0.4 is 11.5 Å². The van der Waals surface area contributed by atoms with Crippen molar-refractivity contribution in [1.82, 2.24) is 9.80 Å². The first-order valence-corrected chi connectivity index (χ1v) is 12.5. The number of nitrogens with zero attached hydrogens (tertiary/aromatic N) is 2. The Morgan fingerprint density at radius 3 is 2.34 bits per heavy atom. The lowest BCUT2D eigenvalue weighted by Gasteiger charge is -2.45. The van der Waals surface area contributed by atoms with E-state index >= 15 is 0 Å². The molecule has 190 valence electrons. The largest absolute Gasteiger partial charge is 0.382 e. The Balaban J connectivity index is 1.75. The zero-order valence-corrected chi connectivity index (χ0v) is 22.1. The number of carbonyl (C=O) groups is 2. The fourth-order valence-electron chi connectivity index (χ4n) is 4.72. The number of halogens is 3. The van der Waals surface area contributed by atoms with E-state index in [0.717, 1.165) is 11.1 Å². The summed E-state index contributed by atoms with van der Waals surface area (Å²) in [7, 11) is 1.58. The summed E-state index contributed by atoms with van der Waals surface area (Å²) in [6, 6.07) is 10.9. The molecular weight excluding hydrogens is 511 g/mol. The van der Waals surface area contributed by atoms with Crippen LogP contribution in [-0.4, -0.2) is 73.1 Å². The molecule has 35 heavy (non-hydrogen) atoms. The van der Waals surface area contributed by atoms with E-state index in [1.165, 1.54) is 0 Å². The SMILES string of the molecule is COCC1CN(C(C(N)=O)C(C)c2ccc(Cl)cc2Cl)CCN1C(=O)C(N)Cc1ccc(Cl)cc1. The van der Waals surface area contributed by atoms with Gasteiger partial charge >= 0.3 is 0 Å². The highest BCUT2D eigenvalue weighted by molar-refractivity contribution is 6.35. The molecule has 0 aromatic heterocycles. The quantitative estimate of drug-likeness (QED) is 0.507. The zero-order valence-electron chi connectivity index (χ0n) is 19.8. The third-order valence-corrected chi connectivity index (χ3v) is 7.27. The number of methoxy groups -OCH3 is 1. The van der Waals surface area contributed by atoms with Crippen LogP contribution in [0, 0.1) is 0 Å². The van der Waals surface area contributed by atoms with Crippen molar-refractivity contribution in [3.8, 4) is 0 Å². The summed E-state index contributed by atoms with van der Waals surface area (Å²) in [6.45, 7) is 3.48. The van der Waals surface area contributed by atoms with Gasteiger partial charge in [0.2, 0.25) is 11.8 Å². The first kappa shape index (κ1) is 27.7. The summed E-state index contributed by atoms with van der Waals surface area (Å²) in [5.41, 5.74) is 13.9. The van der Waals surface area contributed by atoms with Crippen LogP contribution in [0.5, 0.6) is 0 Å². The van der Waals surface area contributed by atoms with Crippen molar-refractivity contribution in [2.24, 2.45) is 11.5 Å². The molecule has 3 rings (SSSR count). The Kier molecular flexibility index (Phi) is 9.81. The molecule has 10 heteroatoms. The molecule has 1 saturated heterocycles. The van der Waals surface area contributed by atoms with E-state index in [1.807, 2.05) is 30.0 Å². The van der Waals surface area contributed by atoms with Crippen molar-refractivity contribution < 1.29 is 14.3 Å². The highest BCUT2D eigenvalue weighted by Gasteiger charge is 2.39. The first-order chi connectivity index (χ1) is 16.6. The summed E-state index contributed by atoms with van der Waals surface area (Å²) in [5, 5.41) is 1.62. The van der Waals surface area contributed by atoms with Crippen molar-refractivity contribution in [1.29, 1.82) is 0 Å². The molecule has 2 aromatic carbocycles. The zero-order chi connectivity index (χ0) is 25.7. The van der Waals surface area contributed by atoms with Crippen molar-refractivity contribution in [3.63, 3.8) is 0 Å². The fraction of sp³-hybridized carbons (Fsp3) is 0.440. The Hall–Kier alpha value is -1.87. The molecule has 1 fully saturated rings. The Morgan fingerprint density at radius 1 is 1.09 bits per heavy atom. The van der Waals surface area contributed by atoms with Crippen LogP contribution in [0.15, 0.2) is 42.5 Å². The molecule has 4 unspecified atom stereocenters. The van der Waals surface area contributed by atoms with Gasteiger partial charge in [-0.2, -0.15) is 0 Å². The average molecular weight is 542 g/mol. The minimum absolute atomic E-state index is 0.161. The smallest absolute Gasteiger partial charge is 0.240 e. The number of carbonyl (C=O) groups excluding carboxylic acids is 2. The molecule has 7 nitrogen and oxygen atoms in total. The molecule has 0 bridgehead atoms. The number of ether oxygens (including phenoxy) is 1. The standard InChI is InChI=1S/C25H31Cl3N4O3/c1-15(20-8-7-18(27)12-21(20)28)23(24(30)33)31-9-10-32(19(13-31)14-35-2)25(34)22(29)11-16-3-5-17(26)6-4-16/h3-8,12,15,19,22-23H,9-11,13-14,29H2,1-2H3,(H2,30,33). The molecule has 0 spiro atoms. The number of piperazine rings is 1. The summed E-state index contributed by atoms with van der Waals surface area (Å²) in [5.74, 6) is -0.903. The maximum Gasteiger partial charge on any atom is 0.240 e. The number of primary amides is 1. The van der Waals surface area contributed by atoms with Gasteiger partial charge in [-0.1, -0.05) is 59.9 Å². The number of benzene rings is 2. The molecule has 0 saturated carbocycles. The van der Waals surface area contributed by atoms with Gasteiger partial charge in [0.1, 0.15) is 0 Å². The summed E-state index contributed by atoms with van der Waals surface area (Å²) in [6.07, 6.45) is 0.395. The maximum absolute atomic E-state index is 13.3. The molecule has 1 heterocycles. The van der Waals surface area contributed by atoms with Crippen molar-refractivity contribution in [3.05, 3.63) is 68.7 Å². The van der Waals surface area contributed by atoms with E-state index in [2.05, 4.69) is 0 Å². The van der Waals surface area contributed by atoms with E-state index in [4.69, 9.17) is 51.0 Å². The second-order valence-corrected chi connectivity index (χ2v) is 10.2. The molecule has 2 aromatic rings. The average Bonchev–Trinajstić information content (AvgIpc) is 2.80. The van der Waals surface area contributed by atoms with Crippen LogP contribution in [0.4, 0.5) is 0 Å². The summed E-state index contributed by atoms with van der Waals surface area (Å²) < 4.78 is 5.41. The Morgan fingerprint density at radius 2 is 1.74 bits per heavy atom. The number of nitrogens with two attached hydrogens (primary N) is 2. The van der Waals surface area contributed by atoms with Crippen LogP contribution in [0.1, 0.15) is 24.0 Å². The predicted octanol–water partition coefficient (Wildman–Crippen LogP) is 3.33. The van der Waals surface area contributed by atoms with E-state index in [1.54, 1.807) is 36.3 Å². The number of hydrogen-bond donors (Lipinski definition) is 2. The van der Waals surface area contributed by atoms with Crippen LogP contribution in [0.25, 0.3) is 0 Å². The second-order valence-electron chi connectivity index (χ2n) is 8.87. The van der Waals surface area contributed by atoms with E-state index in [0.29, 0.717) is 47.7 Å². The van der Waals surface area contributed by atoms with Crippen LogP contribution in [0.2, 0.25) is 15.1 Å². The van der Waals surface area contributed by atoms with Gasteiger partial charge in [-0.3, -0.25) is 14.5 Å². The Bertz CT molecular complexity index is 1040. The lowest BCUT2D eigenvalue weighted by Crippen LogP contribution is -2.63. The molecular formula is C25H31Cl3N4O3. The third-order valence-electron chi connectivity index (χ3n) is 6.45. The van der Waals surface area contributed by atoms with E-state index in [9.17, 15) is 9.59 Å². The van der Waals surface area contributed by atoms with Gasteiger partial charge in [-0.05, 0) is 41.8 Å². The highest BCUT2D eigenvalue weighted by Crippen LogP contribution is 2.32. The van der Waals surface area contributed by atoms with Gasteiger partial charge in [-0.25, -0.2) is 0 Å². The van der Waals surface area contributed by atoms with Gasteiger partial charge < -0.3 is 21.1 Å². The summed E-state index contributed by atoms with van der Waals surface area (Å²) >= 11 is 18.4. The minimum Gasteiger partial charge on any atom is -0.382 e. The molecule has 1 aliphatic rings. The predicted molar refractivity (Wildman–Crippen MR) is 140 cm³/mol. The van der Waals surface area contributed by atoms with Crippen molar-refractivity contribution in [2.75, 3.05) is 33.4 Å². The summed E-state index contributed by atoms with van der Waals surface area (Å²) in [4.78, 5) is 29.6. The van der Waals surface area contributed by atoms with E-state index < -0.39 is 18.0 Å². The second kappa shape index (κ2) is 12.4. The highest BCUT2D eigenvalue weighted by atomic mass is 35.5. The number of rotatable bonds is 9. The topological polar surface area (TPSA) is 102 Å². The number of amides is 2. The molecule has 0 aliphatic carbocycles. The van der Waals surface area contributed by atoms with Gasteiger partial charge in [0, 0.05) is 47.7 Å². The Labute approximate surface area is 221 Å². The fourth-order valence-corrected chi connectivity index (χ4v) is 5.42. The van der Waals surface area contributed by atoms with Crippen LogP contribution in [0.3, 0.4) is 0 Å². The molecule has 1 aliphatic heterocycles. The molecule has 4 N–H and O–H groups in total. The molecule has 4 atom stereocenters. The molecule has 2 amide bonds. The normalized spacial score (nSPS) is 19.3. The van der Waals surface area contributed by atoms with Gasteiger partial charge in [-0.15, -0.1) is 0 Å². The number of hydrogen-bond acceptors (Lipinski definition) is 5. The van der Waals surface area contributed by atoms with Crippen molar-refractivity contribution >= 4 is 46.6 Å². The first-order valence-electron chi connectivity index (χ1n) is 11.4. The van der Waals surface area contributed by atoms with Crippen molar-refractivity contribution in [2.45, 2.75) is 37.4 Å². The lowest BCUT2D eigenvalue weighted by atomic mass is 9.90. The van der Waals surface area contributed by atoms with Gasteiger partial charge in [0.05, 0.1) is 24.7 Å². The third kappa shape index (κ3) is 6.88. The van der Waals surface area contributed by atoms with E-state index in [-0.39, 0.29) is 17.9 Å². The van der Waals surface area contributed by atoms with Crippen LogP contribution in [-0.2, 0) is 20.7 Å². The van der Waals surface area contributed by atoms with Gasteiger partial charge in [0.25, 0.3) is 0 Å². The van der Waals surface area contributed by atoms with Crippen LogP contribution >= 0.6 is 34.8 Å². The lowest BCUT2D eigenvalue weighted by molar-refractivity contribution is -0.141. The molecule has 0 radical (unpaired) electrons. The minimum atomic E-state index is -0.708.